The lowest BCUT2D eigenvalue weighted by Gasteiger charge is -2.24. The van der Waals surface area contributed by atoms with Gasteiger partial charge in [0.25, 0.3) is 0 Å². The van der Waals surface area contributed by atoms with Crippen molar-refractivity contribution in [3.63, 3.8) is 0 Å². The van der Waals surface area contributed by atoms with Crippen LogP contribution in [-0.4, -0.2) is 18.5 Å². The maximum atomic E-state index is 10.6. The molecule has 0 radical (unpaired) electrons. The molecule has 0 spiro atoms. The number of hydrogen-bond donors (Lipinski definition) is 0. The minimum Gasteiger partial charge on any atom is -0.375 e. The Labute approximate surface area is 87.0 Å². The van der Waals surface area contributed by atoms with Crippen molar-refractivity contribution in [2.75, 3.05) is 6.61 Å². The molecule has 1 aliphatic carbocycles. The highest BCUT2D eigenvalue weighted by Gasteiger charge is 2.35. The molecule has 0 heterocycles. The second kappa shape index (κ2) is 5.50. The van der Waals surface area contributed by atoms with Gasteiger partial charge >= 0.3 is 0 Å². The normalized spacial score (nSPS) is 32.0. The van der Waals surface area contributed by atoms with E-state index in [4.69, 9.17) is 4.74 Å². The maximum absolute atomic E-state index is 10.6. The second-order valence-electron chi connectivity index (χ2n) is 4.64. The summed E-state index contributed by atoms with van der Waals surface area (Å²) in [4.78, 5) is 10.6. The Balaban J connectivity index is 2.19. The van der Waals surface area contributed by atoms with E-state index in [9.17, 15) is 4.79 Å². The van der Waals surface area contributed by atoms with Gasteiger partial charge in [0.15, 0.2) is 0 Å². The molecule has 0 bridgehead atoms. The van der Waals surface area contributed by atoms with Gasteiger partial charge in [-0.15, -0.1) is 0 Å². The van der Waals surface area contributed by atoms with E-state index < -0.39 is 0 Å². The fraction of sp³-hybridized carbons (Fsp3) is 0.917. The van der Waals surface area contributed by atoms with E-state index in [1.54, 1.807) is 0 Å². The van der Waals surface area contributed by atoms with Gasteiger partial charge < -0.3 is 9.53 Å². The molecular weight excluding hydrogens is 176 g/mol. The first-order valence-corrected chi connectivity index (χ1v) is 5.79. The summed E-state index contributed by atoms with van der Waals surface area (Å²) < 4.78 is 5.87. The molecule has 2 heteroatoms. The van der Waals surface area contributed by atoms with Crippen molar-refractivity contribution in [3.05, 3.63) is 0 Å². The Hall–Kier alpha value is -0.370. The summed E-state index contributed by atoms with van der Waals surface area (Å²) >= 11 is 0. The van der Waals surface area contributed by atoms with Crippen LogP contribution in [0.15, 0.2) is 0 Å². The molecule has 0 aromatic carbocycles. The summed E-state index contributed by atoms with van der Waals surface area (Å²) in [5.74, 6) is 0.242. The van der Waals surface area contributed by atoms with Crippen LogP contribution in [0.2, 0.25) is 0 Å². The Morgan fingerprint density at radius 2 is 2.29 bits per heavy atom. The van der Waals surface area contributed by atoms with Crippen LogP contribution < -0.4 is 0 Å². The Kier molecular flexibility index (Phi) is 4.59. The highest BCUT2D eigenvalue weighted by atomic mass is 16.5. The van der Waals surface area contributed by atoms with Crippen LogP contribution in [0.5, 0.6) is 0 Å². The first kappa shape index (κ1) is 11.7. The summed E-state index contributed by atoms with van der Waals surface area (Å²) in [5.41, 5.74) is -0.0146. The topological polar surface area (TPSA) is 26.3 Å². The Bertz CT molecular complexity index is 179. The van der Waals surface area contributed by atoms with Crippen molar-refractivity contribution in [3.8, 4) is 0 Å². The molecule has 2 nitrogen and oxygen atoms in total. The second-order valence-corrected chi connectivity index (χ2v) is 4.64. The van der Waals surface area contributed by atoms with Gasteiger partial charge in [-0.1, -0.05) is 19.8 Å². The van der Waals surface area contributed by atoms with Crippen LogP contribution in [0, 0.1) is 5.92 Å². The SMILES string of the molecule is CCCCCOC1(C)CCC(C=O)C1. The number of ether oxygens (including phenoxy) is 1. The summed E-state index contributed by atoms with van der Waals surface area (Å²) in [6.45, 7) is 5.19. The average Bonchev–Trinajstić information content (AvgIpc) is 2.56. The third-order valence-electron chi connectivity index (χ3n) is 3.13. The first-order chi connectivity index (χ1) is 6.70. The Morgan fingerprint density at radius 3 is 2.86 bits per heavy atom. The lowest BCUT2D eigenvalue weighted by Crippen LogP contribution is -2.25. The van der Waals surface area contributed by atoms with Crippen LogP contribution >= 0.6 is 0 Å². The van der Waals surface area contributed by atoms with Crippen LogP contribution in [0.1, 0.15) is 52.4 Å². The molecule has 2 atom stereocenters. The van der Waals surface area contributed by atoms with Crippen molar-refractivity contribution in [1.29, 1.82) is 0 Å². The van der Waals surface area contributed by atoms with Gasteiger partial charge in [-0.2, -0.15) is 0 Å². The molecule has 0 saturated heterocycles. The van der Waals surface area contributed by atoms with E-state index in [2.05, 4.69) is 13.8 Å². The lowest BCUT2D eigenvalue weighted by molar-refractivity contribution is -0.111. The predicted molar refractivity (Wildman–Crippen MR) is 57.3 cm³/mol. The van der Waals surface area contributed by atoms with Gasteiger partial charge in [-0.25, -0.2) is 0 Å². The molecular formula is C12H22O2. The van der Waals surface area contributed by atoms with Gasteiger partial charge in [0.1, 0.15) is 6.29 Å². The molecule has 0 amide bonds. The molecule has 2 unspecified atom stereocenters. The quantitative estimate of drug-likeness (QED) is 0.484. The standard InChI is InChI=1S/C12H22O2/c1-3-4-5-8-14-12(2)7-6-11(9-12)10-13/h10-11H,3-9H2,1-2H3. The molecule has 1 aliphatic rings. The van der Waals surface area contributed by atoms with Gasteiger partial charge in [0.05, 0.1) is 5.60 Å². The van der Waals surface area contributed by atoms with Crippen LogP contribution in [0.3, 0.4) is 0 Å². The smallest absolute Gasteiger partial charge is 0.123 e. The van der Waals surface area contributed by atoms with E-state index in [0.29, 0.717) is 0 Å². The van der Waals surface area contributed by atoms with Gasteiger partial charge in [0, 0.05) is 12.5 Å². The van der Waals surface area contributed by atoms with E-state index in [-0.39, 0.29) is 11.5 Å². The first-order valence-electron chi connectivity index (χ1n) is 5.79. The van der Waals surface area contributed by atoms with Crippen LogP contribution in [0.4, 0.5) is 0 Å². The van der Waals surface area contributed by atoms with Gasteiger partial charge in [0.2, 0.25) is 0 Å². The van der Waals surface area contributed by atoms with Crippen molar-refractivity contribution in [2.45, 2.75) is 58.0 Å². The summed E-state index contributed by atoms with van der Waals surface area (Å²) in [6.07, 6.45) is 7.68. The monoisotopic (exact) mass is 198 g/mol. The highest BCUT2D eigenvalue weighted by molar-refractivity contribution is 5.54. The molecule has 0 aromatic rings. The fourth-order valence-electron chi connectivity index (χ4n) is 2.17. The number of rotatable bonds is 6. The third kappa shape index (κ3) is 3.41. The number of aldehydes is 1. The summed E-state index contributed by atoms with van der Waals surface area (Å²) in [5, 5.41) is 0. The zero-order valence-corrected chi connectivity index (χ0v) is 9.42. The molecule has 1 fully saturated rings. The summed E-state index contributed by atoms with van der Waals surface area (Å²) in [6, 6.07) is 0. The molecule has 0 aromatic heterocycles. The van der Waals surface area contributed by atoms with E-state index >= 15 is 0 Å². The third-order valence-corrected chi connectivity index (χ3v) is 3.13. The maximum Gasteiger partial charge on any atom is 0.123 e. The predicted octanol–water partition coefficient (Wildman–Crippen LogP) is 2.95. The number of carbonyl (C=O) groups excluding carboxylic acids is 1. The fourth-order valence-corrected chi connectivity index (χ4v) is 2.17. The molecule has 82 valence electrons. The molecule has 0 aliphatic heterocycles. The van der Waals surface area contributed by atoms with Crippen molar-refractivity contribution < 1.29 is 9.53 Å². The number of carbonyl (C=O) groups is 1. The minimum atomic E-state index is -0.0146. The molecule has 1 saturated carbocycles. The molecule has 0 N–H and O–H groups in total. The van der Waals surface area contributed by atoms with Crippen molar-refractivity contribution >= 4 is 6.29 Å². The zero-order valence-electron chi connectivity index (χ0n) is 9.42. The van der Waals surface area contributed by atoms with Crippen LogP contribution in [0.25, 0.3) is 0 Å². The van der Waals surface area contributed by atoms with Gasteiger partial charge in [-0.05, 0) is 32.6 Å². The minimum absolute atomic E-state index is 0.0146. The highest BCUT2D eigenvalue weighted by Crippen LogP contribution is 2.36. The molecule has 14 heavy (non-hydrogen) atoms. The Morgan fingerprint density at radius 1 is 1.50 bits per heavy atom. The van der Waals surface area contributed by atoms with E-state index in [1.807, 2.05) is 0 Å². The van der Waals surface area contributed by atoms with E-state index in [0.717, 1.165) is 38.6 Å². The van der Waals surface area contributed by atoms with Crippen molar-refractivity contribution in [2.24, 2.45) is 5.92 Å². The average molecular weight is 198 g/mol. The summed E-state index contributed by atoms with van der Waals surface area (Å²) in [7, 11) is 0. The van der Waals surface area contributed by atoms with Crippen molar-refractivity contribution in [1.82, 2.24) is 0 Å². The lowest BCUT2D eigenvalue weighted by atomic mass is 10.0. The largest absolute Gasteiger partial charge is 0.375 e. The number of unbranched alkanes of at least 4 members (excludes halogenated alkanes) is 2. The number of hydrogen-bond acceptors (Lipinski definition) is 2. The molecule has 1 rings (SSSR count). The zero-order chi connectivity index (χ0) is 10.4. The van der Waals surface area contributed by atoms with E-state index in [1.165, 1.54) is 12.8 Å². The van der Waals surface area contributed by atoms with Crippen LogP contribution in [-0.2, 0) is 9.53 Å². The van der Waals surface area contributed by atoms with Gasteiger partial charge in [-0.3, -0.25) is 0 Å².